The minimum Gasteiger partial charge on any atom is -0.370 e. The fraction of sp³-hybridized carbons (Fsp3) is 0.138. The van der Waals surface area contributed by atoms with E-state index in [4.69, 9.17) is 16.6 Å². The third-order valence-corrected chi connectivity index (χ3v) is 6.92. The lowest BCUT2D eigenvalue weighted by atomic mass is 9.99. The standard InChI is InChI=1S/C29H25BrClN5O/c30-24-19-34-36-27(18-26(35-28(24)36)23-14-6-7-15-25(23)31)32-16-8-9-17-33-29(37)22-13-5-4-12-21(22)20-10-2-1-3-11-20/h1-7,10-15,18-19,32H,8-9,16-17H2,(H,33,37). The van der Waals surface area contributed by atoms with E-state index >= 15 is 0 Å². The van der Waals surface area contributed by atoms with E-state index in [1.54, 1.807) is 10.7 Å². The molecule has 5 aromatic rings. The van der Waals surface area contributed by atoms with Gasteiger partial charge in [0.05, 0.1) is 16.4 Å². The Labute approximate surface area is 228 Å². The Bertz CT molecular complexity index is 1540. The number of nitrogens with zero attached hydrogens (tertiary/aromatic N) is 3. The van der Waals surface area contributed by atoms with Gasteiger partial charge in [-0.3, -0.25) is 4.79 Å². The average molecular weight is 575 g/mol. The first-order valence-electron chi connectivity index (χ1n) is 12.1. The van der Waals surface area contributed by atoms with Crippen LogP contribution >= 0.6 is 27.5 Å². The Morgan fingerprint density at radius 1 is 0.892 bits per heavy atom. The molecular formula is C29H25BrClN5O. The van der Waals surface area contributed by atoms with Gasteiger partial charge in [0.15, 0.2) is 5.65 Å². The van der Waals surface area contributed by atoms with Crippen LogP contribution < -0.4 is 10.6 Å². The summed E-state index contributed by atoms with van der Waals surface area (Å²) in [4.78, 5) is 17.6. The van der Waals surface area contributed by atoms with Crippen molar-refractivity contribution >= 4 is 44.9 Å². The maximum Gasteiger partial charge on any atom is 0.251 e. The normalized spacial score (nSPS) is 11.0. The zero-order valence-corrected chi connectivity index (χ0v) is 22.3. The SMILES string of the molecule is O=C(NCCCCNc1cc(-c2ccccc2Cl)nc2c(Br)cnn12)c1ccccc1-c1ccccc1. The molecule has 0 spiro atoms. The van der Waals surface area contributed by atoms with Crippen molar-refractivity contribution in [2.24, 2.45) is 0 Å². The number of nitrogens with one attached hydrogen (secondary N) is 2. The van der Waals surface area contributed by atoms with Crippen LogP contribution in [0.4, 0.5) is 5.82 Å². The summed E-state index contributed by atoms with van der Waals surface area (Å²) in [6.07, 6.45) is 3.43. The van der Waals surface area contributed by atoms with Gasteiger partial charge < -0.3 is 10.6 Å². The van der Waals surface area contributed by atoms with Crippen LogP contribution in [-0.2, 0) is 0 Å². The molecule has 0 fully saturated rings. The fourth-order valence-electron chi connectivity index (χ4n) is 4.18. The predicted octanol–water partition coefficient (Wildman–Crippen LogP) is 7.10. The molecule has 0 aliphatic rings. The highest BCUT2D eigenvalue weighted by Crippen LogP contribution is 2.30. The lowest BCUT2D eigenvalue weighted by molar-refractivity contribution is 0.0953. The van der Waals surface area contributed by atoms with E-state index in [0.29, 0.717) is 22.8 Å². The summed E-state index contributed by atoms with van der Waals surface area (Å²) < 4.78 is 2.58. The van der Waals surface area contributed by atoms with E-state index in [-0.39, 0.29) is 5.91 Å². The molecular weight excluding hydrogens is 550 g/mol. The molecule has 3 aromatic carbocycles. The van der Waals surface area contributed by atoms with Gasteiger partial charge in [0.1, 0.15) is 5.82 Å². The van der Waals surface area contributed by atoms with Crippen LogP contribution in [0.3, 0.4) is 0 Å². The Hall–Kier alpha value is -3.68. The van der Waals surface area contributed by atoms with Gasteiger partial charge in [-0.1, -0.05) is 78.3 Å². The molecule has 2 aromatic heterocycles. The van der Waals surface area contributed by atoms with Gasteiger partial charge >= 0.3 is 0 Å². The first-order valence-corrected chi connectivity index (χ1v) is 13.2. The van der Waals surface area contributed by atoms with Crippen LogP contribution in [-0.4, -0.2) is 33.6 Å². The van der Waals surface area contributed by atoms with Crippen molar-refractivity contribution in [3.8, 4) is 22.4 Å². The van der Waals surface area contributed by atoms with Crippen LogP contribution in [0.15, 0.2) is 95.6 Å². The van der Waals surface area contributed by atoms with Crippen molar-refractivity contribution in [2.75, 3.05) is 18.4 Å². The molecule has 0 saturated heterocycles. The van der Waals surface area contributed by atoms with E-state index in [1.807, 2.05) is 84.9 Å². The van der Waals surface area contributed by atoms with Crippen LogP contribution in [0.25, 0.3) is 28.0 Å². The maximum absolute atomic E-state index is 12.9. The molecule has 2 N–H and O–H groups in total. The summed E-state index contributed by atoms with van der Waals surface area (Å²) in [5, 5.41) is 11.6. The molecule has 0 aliphatic carbocycles. The second kappa shape index (κ2) is 11.6. The number of unbranched alkanes of at least 4 members (excludes halogenated alkanes) is 1. The zero-order chi connectivity index (χ0) is 25.6. The molecule has 0 unspecified atom stereocenters. The summed E-state index contributed by atoms with van der Waals surface area (Å²) in [7, 11) is 0. The summed E-state index contributed by atoms with van der Waals surface area (Å²) in [6, 6.07) is 27.3. The van der Waals surface area contributed by atoms with Gasteiger partial charge in [0, 0.05) is 35.3 Å². The van der Waals surface area contributed by atoms with Crippen molar-refractivity contribution in [3.05, 3.63) is 106 Å². The molecule has 0 radical (unpaired) electrons. The Morgan fingerprint density at radius 2 is 1.59 bits per heavy atom. The van der Waals surface area contributed by atoms with Crippen molar-refractivity contribution in [3.63, 3.8) is 0 Å². The van der Waals surface area contributed by atoms with Gasteiger partial charge in [-0.15, -0.1) is 0 Å². The summed E-state index contributed by atoms with van der Waals surface area (Å²) >= 11 is 9.96. The monoisotopic (exact) mass is 573 g/mol. The molecule has 0 atom stereocenters. The Balaban J connectivity index is 1.19. The number of benzene rings is 3. The molecule has 186 valence electrons. The van der Waals surface area contributed by atoms with Crippen molar-refractivity contribution in [2.45, 2.75) is 12.8 Å². The first-order chi connectivity index (χ1) is 18.1. The highest BCUT2D eigenvalue weighted by molar-refractivity contribution is 9.10. The quantitative estimate of drug-likeness (QED) is 0.184. The molecule has 5 rings (SSSR count). The fourth-order valence-corrected chi connectivity index (χ4v) is 4.76. The van der Waals surface area contributed by atoms with E-state index in [0.717, 1.165) is 52.1 Å². The van der Waals surface area contributed by atoms with E-state index in [2.05, 4.69) is 31.7 Å². The topological polar surface area (TPSA) is 71.3 Å². The van der Waals surface area contributed by atoms with Gasteiger partial charge in [-0.25, -0.2) is 4.98 Å². The number of halogens is 2. The molecule has 0 aliphatic heterocycles. The lowest BCUT2D eigenvalue weighted by Gasteiger charge is -2.12. The van der Waals surface area contributed by atoms with E-state index in [1.165, 1.54) is 0 Å². The van der Waals surface area contributed by atoms with Crippen molar-refractivity contribution < 1.29 is 4.79 Å². The largest absolute Gasteiger partial charge is 0.370 e. The van der Waals surface area contributed by atoms with Crippen LogP contribution in [0.2, 0.25) is 5.02 Å². The summed E-state index contributed by atoms with van der Waals surface area (Å²) in [5.74, 6) is 0.764. The maximum atomic E-state index is 12.9. The van der Waals surface area contributed by atoms with Gasteiger partial charge in [0.2, 0.25) is 0 Å². The molecule has 6 nitrogen and oxygen atoms in total. The number of anilines is 1. The minimum absolute atomic E-state index is 0.0611. The van der Waals surface area contributed by atoms with Crippen LogP contribution in [0, 0.1) is 0 Å². The molecule has 8 heteroatoms. The number of aromatic nitrogens is 3. The van der Waals surface area contributed by atoms with Crippen molar-refractivity contribution in [1.82, 2.24) is 19.9 Å². The second-order valence-corrected chi connectivity index (χ2v) is 9.80. The van der Waals surface area contributed by atoms with Crippen molar-refractivity contribution in [1.29, 1.82) is 0 Å². The molecule has 2 heterocycles. The lowest BCUT2D eigenvalue weighted by Crippen LogP contribution is -2.25. The van der Waals surface area contributed by atoms with Gasteiger partial charge in [-0.05, 0) is 52.0 Å². The number of hydrogen-bond donors (Lipinski definition) is 2. The first kappa shape index (κ1) is 25.0. The minimum atomic E-state index is -0.0611. The third-order valence-electron chi connectivity index (χ3n) is 6.03. The molecule has 0 saturated carbocycles. The third kappa shape index (κ3) is 5.68. The van der Waals surface area contributed by atoms with Crippen LogP contribution in [0.1, 0.15) is 23.2 Å². The molecule has 1 amide bonds. The number of rotatable bonds is 9. The zero-order valence-electron chi connectivity index (χ0n) is 20.0. The van der Waals surface area contributed by atoms with Gasteiger partial charge in [0.25, 0.3) is 5.91 Å². The van der Waals surface area contributed by atoms with E-state index in [9.17, 15) is 4.79 Å². The molecule has 0 bridgehead atoms. The van der Waals surface area contributed by atoms with Gasteiger partial charge in [-0.2, -0.15) is 9.61 Å². The number of amides is 1. The molecule has 37 heavy (non-hydrogen) atoms. The number of hydrogen-bond acceptors (Lipinski definition) is 4. The summed E-state index contributed by atoms with van der Waals surface area (Å²) in [6.45, 7) is 1.31. The smallest absolute Gasteiger partial charge is 0.251 e. The number of carbonyl (C=O) groups is 1. The summed E-state index contributed by atoms with van der Waals surface area (Å²) in [5.41, 5.74) is 4.99. The number of fused-ring (bicyclic) bond motifs is 1. The predicted molar refractivity (Wildman–Crippen MR) is 153 cm³/mol. The van der Waals surface area contributed by atoms with Crippen LogP contribution in [0.5, 0.6) is 0 Å². The Kier molecular flexibility index (Phi) is 7.82. The van der Waals surface area contributed by atoms with E-state index < -0.39 is 0 Å². The highest BCUT2D eigenvalue weighted by atomic mass is 79.9. The second-order valence-electron chi connectivity index (χ2n) is 8.54. The average Bonchev–Trinajstić information content (AvgIpc) is 3.31. The highest BCUT2D eigenvalue weighted by Gasteiger charge is 2.14. The number of carbonyl (C=O) groups excluding carboxylic acids is 1. The Morgan fingerprint density at radius 3 is 2.41 bits per heavy atom.